The fourth-order valence-corrected chi connectivity index (χ4v) is 4.75. The molecule has 33 heavy (non-hydrogen) atoms. The lowest BCUT2D eigenvalue weighted by Crippen LogP contribution is -2.60. The third-order valence-electron chi connectivity index (χ3n) is 6.53. The first kappa shape index (κ1) is 25.7. The molecule has 0 aliphatic carbocycles. The van der Waals surface area contributed by atoms with E-state index in [9.17, 15) is 27.5 Å². The lowest BCUT2D eigenvalue weighted by molar-refractivity contribution is -0.272. The van der Waals surface area contributed by atoms with Gasteiger partial charge in [-0.3, -0.25) is 9.69 Å². The van der Waals surface area contributed by atoms with Crippen LogP contribution in [0.5, 0.6) is 5.75 Å². The number of aliphatic hydroxyl groups is 1. The van der Waals surface area contributed by atoms with Crippen molar-refractivity contribution < 1.29 is 36.9 Å². The Morgan fingerprint density at radius 2 is 1.88 bits per heavy atom. The van der Waals surface area contributed by atoms with Gasteiger partial charge in [0.1, 0.15) is 17.7 Å². The standard InChI is InChI=1S/C23H32F4N2O4/c1-21(2,17-13-16(24)6-7-18(17)32-3)14-22(31,23(25,26)27)15-28-8-10-29(11-9-28)20(30)19-5-4-12-33-19/h6-7,13,19,31H,4-5,8-12,14-15H2,1-3H3. The molecule has 0 radical (unpaired) electrons. The van der Waals surface area contributed by atoms with Crippen molar-refractivity contribution in [3.05, 3.63) is 29.6 Å². The van der Waals surface area contributed by atoms with Gasteiger partial charge in [0.05, 0.1) is 7.11 Å². The van der Waals surface area contributed by atoms with Gasteiger partial charge in [-0.05, 0) is 42.9 Å². The van der Waals surface area contributed by atoms with Crippen molar-refractivity contribution in [3.63, 3.8) is 0 Å². The monoisotopic (exact) mass is 476 g/mol. The van der Waals surface area contributed by atoms with E-state index in [2.05, 4.69) is 0 Å². The van der Waals surface area contributed by atoms with Gasteiger partial charge in [0, 0.05) is 44.9 Å². The van der Waals surface area contributed by atoms with Crippen LogP contribution in [0.1, 0.15) is 38.7 Å². The van der Waals surface area contributed by atoms with E-state index in [1.54, 1.807) is 4.90 Å². The lowest BCUT2D eigenvalue weighted by Gasteiger charge is -2.43. The van der Waals surface area contributed by atoms with E-state index >= 15 is 0 Å². The molecule has 2 heterocycles. The van der Waals surface area contributed by atoms with Crippen molar-refractivity contribution in [2.24, 2.45) is 0 Å². The van der Waals surface area contributed by atoms with E-state index in [-0.39, 0.29) is 43.4 Å². The third kappa shape index (κ3) is 5.78. The van der Waals surface area contributed by atoms with E-state index in [0.29, 0.717) is 13.0 Å². The van der Waals surface area contributed by atoms with Crippen molar-refractivity contribution in [2.45, 2.75) is 56.4 Å². The first-order valence-electron chi connectivity index (χ1n) is 11.1. The Bertz CT molecular complexity index is 834. The van der Waals surface area contributed by atoms with Crippen LogP contribution in [-0.2, 0) is 14.9 Å². The molecular weight excluding hydrogens is 444 g/mol. The summed E-state index contributed by atoms with van der Waals surface area (Å²) < 4.78 is 66.9. The number of alkyl halides is 3. The van der Waals surface area contributed by atoms with Crippen LogP contribution < -0.4 is 4.74 Å². The molecule has 0 aromatic heterocycles. The molecule has 2 aliphatic heterocycles. The fourth-order valence-electron chi connectivity index (χ4n) is 4.75. The van der Waals surface area contributed by atoms with Crippen LogP contribution in [-0.4, -0.2) is 85.1 Å². The van der Waals surface area contributed by atoms with Crippen molar-refractivity contribution in [1.29, 1.82) is 0 Å². The largest absolute Gasteiger partial charge is 0.496 e. The number of hydrogen-bond acceptors (Lipinski definition) is 5. The summed E-state index contributed by atoms with van der Waals surface area (Å²) in [6.45, 7) is 3.92. The summed E-state index contributed by atoms with van der Waals surface area (Å²) in [7, 11) is 1.36. The Morgan fingerprint density at radius 1 is 1.21 bits per heavy atom. The summed E-state index contributed by atoms with van der Waals surface area (Å²) in [5, 5.41) is 10.9. The van der Waals surface area contributed by atoms with Crippen molar-refractivity contribution in [2.75, 3.05) is 46.4 Å². The Balaban J connectivity index is 1.72. The van der Waals surface area contributed by atoms with Crippen LogP contribution in [0.2, 0.25) is 0 Å². The predicted octanol–water partition coefficient (Wildman–Crippen LogP) is 3.12. The highest BCUT2D eigenvalue weighted by molar-refractivity contribution is 5.81. The number of carbonyl (C=O) groups excluding carboxylic acids is 1. The van der Waals surface area contributed by atoms with Crippen LogP contribution in [0.3, 0.4) is 0 Å². The number of rotatable bonds is 7. The zero-order valence-corrected chi connectivity index (χ0v) is 19.3. The average molecular weight is 477 g/mol. The Hall–Kier alpha value is -1.91. The Kier molecular flexibility index (Phi) is 7.60. The number of carbonyl (C=O) groups is 1. The molecule has 0 saturated carbocycles. The van der Waals surface area contributed by atoms with Crippen molar-refractivity contribution in [1.82, 2.24) is 9.80 Å². The number of piperazine rings is 1. The highest BCUT2D eigenvalue weighted by Crippen LogP contribution is 2.44. The minimum atomic E-state index is -4.91. The topological polar surface area (TPSA) is 62.2 Å². The maximum Gasteiger partial charge on any atom is 0.418 e. The minimum Gasteiger partial charge on any atom is -0.496 e. The first-order chi connectivity index (χ1) is 15.4. The summed E-state index contributed by atoms with van der Waals surface area (Å²) >= 11 is 0. The third-order valence-corrected chi connectivity index (χ3v) is 6.53. The van der Waals surface area contributed by atoms with Gasteiger partial charge in [-0.15, -0.1) is 0 Å². The second-order valence-electron chi connectivity index (χ2n) is 9.54. The molecule has 10 heteroatoms. The zero-order valence-electron chi connectivity index (χ0n) is 19.3. The van der Waals surface area contributed by atoms with Crippen LogP contribution >= 0.6 is 0 Å². The molecule has 186 valence electrons. The molecular formula is C23H32F4N2O4. The molecule has 1 aromatic rings. The van der Waals surface area contributed by atoms with Gasteiger partial charge in [0.15, 0.2) is 5.60 Å². The summed E-state index contributed by atoms with van der Waals surface area (Å²) in [6.07, 6.45) is -4.58. The number of methoxy groups -OCH3 is 1. The second kappa shape index (κ2) is 9.76. The van der Waals surface area contributed by atoms with Crippen LogP contribution in [0.15, 0.2) is 18.2 Å². The lowest BCUT2D eigenvalue weighted by atomic mass is 9.74. The van der Waals surface area contributed by atoms with E-state index in [0.717, 1.165) is 12.5 Å². The smallest absolute Gasteiger partial charge is 0.418 e. The molecule has 6 nitrogen and oxygen atoms in total. The van der Waals surface area contributed by atoms with Gasteiger partial charge in [0.2, 0.25) is 0 Å². The molecule has 1 aromatic carbocycles. The number of benzene rings is 1. The Labute approximate surface area is 191 Å². The fraction of sp³-hybridized carbons (Fsp3) is 0.696. The van der Waals surface area contributed by atoms with E-state index in [1.165, 1.54) is 38.0 Å². The van der Waals surface area contributed by atoms with Crippen LogP contribution in [0.4, 0.5) is 17.6 Å². The van der Waals surface area contributed by atoms with Gasteiger partial charge in [-0.25, -0.2) is 4.39 Å². The predicted molar refractivity (Wildman–Crippen MR) is 114 cm³/mol. The summed E-state index contributed by atoms with van der Waals surface area (Å²) in [6, 6.07) is 3.68. The molecule has 2 fully saturated rings. The first-order valence-corrected chi connectivity index (χ1v) is 11.1. The van der Waals surface area contributed by atoms with Crippen LogP contribution in [0, 0.1) is 5.82 Å². The quantitative estimate of drug-likeness (QED) is 0.613. The zero-order chi connectivity index (χ0) is 24.4. The maximum absolute atomic E-state index is 14.1. The van der Waals surface area contributed by atoms with Crippen LogP contribution in [0.25, 0.3) is 0 Å². The number of β-amino-alcohol motifs (C(OH)–C–C–N with tert-alkyl or cyclic N) is 1. The highest BCUT2D eigenvalue weighted by Gasteiger charge is 2.57. The maximum atomic E-state index is 14.1. The molecule has 2 saturated heterocycles. The number of hydrogen-bond donors (Lipinski definition) is 1. The molecule has 1 N–H and O–H groups in total. The van der Waals surface area contributed by atoms with Crippen molar-refractivity contribution >= 4 is 5.91 Å². The number of amides is 1. The number of nitrogens with zero attached hydrogens (tertiary/aromatic N) is 2. The average Bonchev–Trinajstić information content (AvgIpc) is 3.27. The van der Waals surface area contributed by atoms with Crippen molar-refractivity contribution in [3.8, 4) is 5.75 Å². The number of ether oxygens (including phenoxy) is 2. The molecule has 3 rings (SSSR count). The Morgan fingerprint density at radius 3 is 2.42 bits per heavy atom. The molecule has 0 bridgehead atoms. The van der Waals surface area contributed by atoms with Gasteiger partial charge in [0.25, 0.3) is 5.91 Å². The normalized spacial score (nSPS) is 22.3. The van der Waals surface area contributed by atoms with Gasteiger partial charge >= 0.3 is 6.18 Å². The minimum absolute atomic E-state index is 0.127. The second-order valence-corrected chi connectivity index (χ2v) is 9.54. The van der Waals surface area contributed by atoms with E-state index < -0.39 is 42.1 Å². The summed E-state index contributed by atoms with van der Waals surface area (Å²) in [5.41, 5.74) is -4.02. The SMILES string of the molecule is COc1ccc(F)cc1C(C)(C)CC(O)(CN1CCN(C(=O)C2CCCO2)CC1)C(F)(F)F. The highest BCUT2D eigenvalue weighted by atomic mass is 19.4. The molecule has 0 spiro atoms. The molecule has 2 unspecified atom stereocenters. The van der Waals surface area contributed by atoms with E-state index in [4.69, 9.17) is 9.47 Å². The van der Waals surface area contributed by atoms with Gasteiger partial charge in [-0.2, -0.15) is 13.2 Å². The van der Waals surface area contributed by atoms with E-state index in [1.807, 2.05) is 0 Å². The summed E-state index contributed by atoms with van der Waals surface area (Å²) in [4.78, 5) is 15.6. The van der Waals surface area contributed by atoms with Gasteiger partial charge in [-0.1, -0.05) is 13.8 Å². The molecule has 2 aliphatic rings. The molecule has 2 atom stereocenters. The van der Waals surface area contributed by atoms with Gasteiger partial charge < -0.3 is 19.5 Å². The summed E-state index contributed by atoms with van der Waals surface area (Å²) in [5.74, 6) is -0.466. The number of halogens is 4. The molecule has 1 amide bonds.